The van der Waals surface area contributed by atoms with Crippen LogP contribution in [0, 0.1) is 0 Å². The minimum absolute atomic E-state index is 0.0927. The molecule has 0 spiro atoms. The molecule has 1 aliphatic rings. The molecular formula is C18H20O3. The molecule has 1 saturated heterocycles. The Kier molecular flexibility index (Phi) is 3.18. The van der Waals surface area contributed by atoms with E-state index in [0.29, 0.717) is 0 Å². The van der Waals surface area contributed by atoms with E-state index in [2.05, 4.69) is 13.8 Å². The molecule has 110 valence electrons. The fourth-order valence-electron chi connectivity index (χ4n) is 3.00. The predicted octanol–water partition coefficient (Wildman–Crippen LogP) is 3.58. The fraction of sp³-hybridized carbons (Fsp3) is 0.333. The summed E-state index contributed by atoms with van der Waals surface area (Å²) in [5.74, 6) is 0.529. The number of hydrogen-bond donors (Lipinski definition) is 2. The Balaban J connectivity index is 2.05. The summed E-state index contributed by atoms with van der Waals surface area (Å²) in [7, 11) is 0. The van der Waals surface area contributed by atoms with Gasteiger partial charge < -0.3 is 14.9 Å². The number of phenols is 2. The van der Waals surface area contributed by atoms with Gasteiger partial charge in [-0.1, -0.05) is 31.2 Å². The third kappa shape index (κ3) is 2.74. The van der Waals surface area contributed by atoms with Crippen LogP contribution in [-0.2, 0) is 10.2 Å². The Hall–Kier alpha value is -2.00. The molecule has 2 N–H and O–H groups in total. The SMILES string of the molecule is CC1(CC(C)(c2ccc(O)cc2)c2ccc(O)cc2)CO1. The molecule has 21 heavy (non-hydrogen) atoms. The number of rotatable bonds is 4. The zero-order valence-electron chi connectivity index (χ0n) is 12.3. The summed E-state index contributed by atoms with van der Waals surface area (Å²) in [5, 5.41) is 19.0. The first kappa shape index (κ1) is 14.0. The summed E-state index contributed by atoms with van der Waals surface area (Å²) >= 11 is 0. The smallest absolute Gasteiger partial charge is 0.115 e. The van der Waals surface area contributed by atoms with E-state index in [-0.39, 0.29) is 22.5 Å². The summed E-state index contributed by atoms with van der Waals surface area (Å²) < 4.78 is 5.58. The maximum absolute atomic E-state index is 9.52. The van der Waals surface area contributed by atoms with Crippen molar-refractivity contribution in [2.45, 2.75) is 31.3 Å². The van der Waals surface area contributed by atoms with E-state index in [1.165, 1.54) is 0 Å². The first-order valence-corrected chi connectivity index (χ1v) is 7.14. The molecule has 0 aromatic heterocycles. The van der Waals surface area contributed by atoms with Crippen LogP contribution < -0.4 is 0 Å². The zero-order chi connectivity index (χ0) is 15.1. The van der Waals surface area contributed by atoms with Crippen molar-refractivity contribution in [1.29, 1.82) is 0 Å². The van der Waals surface area contributed by atoms with Gasteiger partial charge in [0.05, 0.1) is 12.2 Å². The molecule has 0 bridgehead atoms. The molecule has 1 aliphatic heterocycles. The van der Waals surface area contributed by atoms with Crippen LogP contribution in [0.15, 0.2) is 48.5 Å². The van der Waals surface area contributed by atoms with Crippen molar-refractivity contribution in [3.05, 3.63) is 59.7 Å². The predicted molar refractivity (Wildman–Crippen MR) is 81.6 cm³/mol. The van der Waals surface area contributed by atoms with E-state index in [4.69, 9.17) is 4.74 Å². The molecule has 0 radical (unpaired) electrons. The minimum atomic E-state index is -0.230. The molecule has 3 heteroatoms. The second-order valence-corrected chi connectivity index (χ2v) is 6.34. The molecule has 3 nitrogen and oxygen atoms in total. The van der Waals surface area contributed by atoms with Crippen molar-refractivity contribution in [3.63, 3.8) is 0 Å². The van der Waals surface area contributed by atoms with Crippen LogP contribution in [0.4, 0.5) is 0 Å². The van der Waals surface area contributed by atoms with Gasteiger partial charge in [0.25, 0.3) is 0 Å². The molecule has 1 heterocycles. The van der Waals surface area contributed by atoms with E-state index in [1.807, 2.05) is 24.3 Å². The van der Waals surface area contributed by atoms with E-state index < -0.39 is 0 Å². The van der Waals surface area contributed by atoms with Crippen LogP contribution >= 0.6 is 0 Å². The van der Waals surface area contributed by atoms with Gasteiger partial charge in [-0.2, -0.15) is 0 Å². The van der Waals surface area contributed by atoms with Crippen molar-refractivity contribution in [2.24, 2.45) is 0 Å². The third-order valence-corrected chi connectivity index (χ3v) is 4.37. The fourth-order valence-corrected chi connectivity index (χ4v) is 3.00. The lowest BCUT2D eigenvalue weighted by Gasteiger charge is -2.33. The molecule has 2 aromatic rings. The number of phenolic OH excluding ortho intramolecular Hbond substituents is 2. The standard InChI is InChI=1S/C18H20O3/c1-17(12-21-17)11-18(2,13-3-7-15(19)8-4-13)14-5-9-16(20)10-6-14/h3-10,19-20H,11-12H2,1-2H3. The second kappa shape index (κ2) is 4.78. The van der Waals surface area contributed by atoms with Gasteiger partial charge in [-0.05, 0) is 48.7 Å². The van der Waals surface area contributed by atoms with Crippen molar-refractivity contribution in [2.75, 3.05) is 6.61 Å². The van der Waals surface area contributed by atoms with Crippen LogP contribution in [0.3, 0.4) is 0 Å². The minimum Gasteiger partial charge on any atom is -0.508 e. The average molecular weight is 284 g/mol. The van der Waals surface area contributed by atoms with Gasteiger partial charge in [-0.15, -0.1) is 0 Å². The Bertz CT molecular complexity index is 579. The normalized spacial score (nSPS) is 21.2. The molecule has 1 atom stereocenters. The molecule has 1 unspecified atom stereocenters. The van der Waals surface area contributed by atoms with Crippen molar-refractivity contribution in [1.82, 2.24) is 0 Å². The van der Waals surface area contributed by atoms with Crippen LogP contribution in [0.2, 0.25) is 0 Å². The van der Waals surface area contributed by atoms with Crippen molar-refractivity contribution < 1.29 is 14.9 Å². The Morgan fingerprint density at radius 3 is 1.67 bits per heavy atom. The quantitative estimate of drug-likeness (QED) is 0.844. The highest BCUT2D eigenvalue weighted by Crippen LogP contribution is 2.45. The number of epoxide rings is 1. The lowest BCUT2D eigenvalue weighted by Crippen LogP contribution is -2.29. The third-order valence-electron chi connectivity index (χ3n) is 4.37. The summed E-state index contributed by atoms with van der Waals surface area (Å²) in [6.45, 7) is 5.07. The van der Waals surface area contributed by atoms with Crippen molar-refractivity contribution in [3.8, 4) is 11.5 Å². The van der Waals surface area contributed by atoms with Crippen LogP contribution in [0.5, 0.6) is 11.5 Å². The molecular weight excluding hydrogens is 264 g/mol. The number of ether oxygens (including phenoxy) is 1. The first-order valence-electron chi connectivity index (χ1n) is 7.14. The molecule has 0 amide bonds. The van der Waals surface area contributed by atoms with Gasteiger partial charge >= 0.3 is 0 Å². The molecule has 2 aromatic carbocycles. The Morgan fingerprint density at radius 1 is 0.952 bits per heavy atom. The maximum atomic E-state index is 9.52. The van der Waals surface area contributed by atoms with Gasteiger partial charge in [0, 0.05) is 5.41 Å². The monoisotopic (exact) mass is 284 g/mol. The zero-order valence-corrected chi connectivity index (χ0v) is 12.3. The second-order valence-electron chi connectivity index (χ2n) is 6.34. The van der Waals surface area contributed by atoms with Gasteiger partial charge in [0.2, 0.25) is 0 Å². The highest BCUT2D eigenvalue weighted by molar-refractivity contribution is 5.43. The van der Waals surface area contributed by atoms with Crippen LogP contribution in [0.1, 0.15) is 31.4 Å². The molecule has 0 saturated carbocycles. The van der Waals surface area contributed by atoms with E-state index in [9.17, 15) is 10.2 Å². The molecule has 3 rings (SSSR count). The number of aromatic hydroxyl groups is 2. The average Bonchev–Trinajstić information content (AvgIpc) is 3.17. The lowest BCUT2D eigenvalue weighted by atomic mass is 9.71. The molecule has 1 fully saturated rings. The number of hydrogen-bond acceptors (Lipinski definition) is 3. The van der Waals surface area contributed by atoms with Crippen LogP contribution in [-0.4, -0.2) is 22.4 Å². The Labute approximate surface area is 124 Å². The van der Waals surface area contributed by atoms with Gasteiger partial charge in [0.1, 0.15) is 11.5 Å². The van der Waals surface area contributed by atoms with E-state index in [0.717, 1.165) is 24.2 Å². The summed E-state index contributed by atoms with van der Waals surface area (Å²) in [6, 6.07) is 14.7. The largest absolute Gasteiger partial charge is 0.508 e. The highest BCUT2D eigenvalue weighted by atomic mass is 16.6. The maximum Gasteiger partial charge on any atom is 0.115 e. The van der Waals surface area contributed by atoms with Gasteiger partial charge in [-0.3, -0.25) is 0 Å². The van der Waals surface area contributed by atoms with Crippen LogP contribution in [0.25, 0.3) is 0 Å². The first-order chi connectivity index (χ1) is 9.91. The topological polar surface area (TPSA) is 53.0 Å². The molecule has 0 aliphatic carbocycles. The highest BCUT2D eigenvalue weighted by Gasteiger charge is 2.46. The Morgan fingerprint density at radius 2 is 1.33 bits per heavy atom. The van der Waals surface area contributed by atoms with Crippen molar-refractivity contribution >= 4 is 0 Å². The summed E-state index contributed by atoms with van der Waals surface area (Å²) in [6.07, 6.45) is 0.857. The van der Waals surface area contributed by atoms with E-state index >= 15 is 0 Å². The van der Waals surface area contributed by atoms with Gasteiger partial charge in [-0.25, -0.2) is 0 Å². The summed E-state index contributed by atoms with van der Waals surface area (Å²) in [5.41, 5.74) is 1.93. The lowest BCUT2D eigenvalue weighted by molar-refractivity contribution is 0.272. The number of benzene rings is 2. The van der Waals surface area contributed by atoms with E-state index in [1.54, 1.807) is 24.3 Å². The van der Waals surface area contributed by atoms with Gasteiger partial charge in [0.15, 0.2) is 0 Å². The summed E-state index contributed by atoms with van der Waals surface area (Å²) in [4.78, 5) is 0.